The fraction of sp³-hybridized carbons (Fsp3) is 0.538. The zero-order valence-electron chi connectivity index (χ0n) is 10.1. The Morgan fingerprint density at radius 3 is 1.79 bits per heavy atom. The minimum Gasteiger partial charge on any atom is -0.450 e. The summed E-state index contributed by atoms with van der Waals surface area (Å²) in [5.74, 6) is -2.38. The van der Waals surface area contributed by atoms with Gasteiger partial charge in [-0.2, -0.15) is 10.5 Å². The first-order valence-electron chi connectivity index (χ1n) is 5.94. The summed E-state index contributed by atoms with van der Waals surface area (Å²) in [5.41, 5.74) is 0. The maximum absolute atomic E-state index is 11.9. The number of allylic oxidation sites excluding steroid dienone is 2. The number of ether oxygens (including phenoxy) is 2. The lowest BCUT2D eigenvalue weighted by Gasteiger charge is -2.23. The fourth-order valence-electron chi connectivity index (χ4n) is 2.86. The first kappa shape index (κ1) is 13.1. The van der Waals surface area contributed by atoms with Gasteiger partial charge in [0.05, 0.1) is 11.8 Å². The van der Waals surface area contributed by atoms with Gasteiger partial charge in [0.25, 0.3) is 0 Å². The van der Waals surface area contributed by atoms with Gasteiger partial charge in [-0.1, -0.05) is 12.2 Å². The van der Waals surface area contributed by atoms with Crippen molar-refractivity contribution >= 4 is 11.9 Å². The number of esters is 2. The second-order valence-electron chi connectivity index (χ2n) is 4.53. The zero-order chi connectivity index (χ0) is 13.8. The molecule has 0 radical (unpaired) electrons. The first-order valence-corrected chi connectivity index (χ1v) is 5.94. The molecule has 2 aliphatic carbocycles. The Hall–Kier alpha value is -2.34. The SMILES string of the molecule is N#CCOC(=O)C1C2C=CC(C2)C1C(=O)OCC#N. The van der Waals surface area contributed by atoms with Crippen LogP contribution < -0.4 is 0 Å². The average molecular weight is 260 g/mol. The van der Waals surface area contributed by atoms with E-state index in [1.54, 1.807) is 12.1 Å². The molecule has 0 aromatic carbocycles. The van der Waals surface area contributed by atoms with E-state index in [-0.39, 0.29) is 25.0 Å². The van der Waals surface area contributed by atoms with Crippen LogP contribution in [0.5, 0.6) is 0 Å². The molecule has 19 heavy (non-hydrogen) atoms. The number of carbonyl (C=O) groups is 2. The summed E-state index contributed by atoms with van der Waals surface area (Å²) >= 11 is 0. The Kier molecular flexibility index (Phi) is 3.82. The molecule has 2 aliphatic rings. The quantitative estimate of drug-likeness (QED) is 0.540. The monoisotopic (exact) mass is 260 g/mol. The van der Waals surface area contributed by atoms with Crippen molar-refractivity contribution in [3.05, 3.63) is 12.2 Å². The summed E-state index contributed by atoms with van der Waals surface area (Å²) in [4.78, 5) is 23.8. The number of nitriles is 2. The van der Waals surface area contributed by atoms with Crippen molar-refractivity contribution in [1.29, 1.82) is 10.5 Å². The highest BCUT2D eigenvalue weighted by Crippen LogP contribution is 2.48. The Balaban J connectivity index is 2.10. The third kappa shape index (κ3) is 2.43. The molecule has 6 nitrogen and oxygen atoms in total. The topological polar surface area (TPSA) is 100 Å². The highest BCUT2D eigenvalue weighted by molar-refractivity contribution is 5.84. The zero-order valence-corrected chi connectivity index (χ0v) is 10.1. The maximum atomic E-state index is 11.9. The van der Waals surface area contributed by atoms with Gasteiger partial charge < -0.3 is 9.47 Å². The number of hydrogen-bond acceptors (Lipinski definition) is 6. The molecule has 0 amide bonds. The number of carbonyl (C=O) groups excluding carboxylic acids is 2. The van der Waals surface area contributed by atoms with Crippen LogP contribution in [-0.2, 0) is 19.1 Å². The van der Waals surface area contributed by atoms with Crippen LogP contribution in [0.3, 0.4) is 0 Å². The molecule has 0 heterocycles. The van der Waals surface area contributed by atoms with E-state index in [1.165, 1.54) is 0 Å². The van der Waals surface area contributed by atoms with E-state index in [0.717, 1.165) is 0 Å². The Bertz CT molecular complexity index is 456. The highest BCUT2D eigenvalue weighted by atomic mass is 16.5. The summed E-state index contributed by atoms with van der Waals surface area (Å²) in [6.45, 7) is -0.646. The molecule has 0 aliphatic heterocycles. The van der Waals surface area contributed by atoms with E-state index in [9.17, 15) is 9.59 Å². The van der Waals surface area contributed by atoms with Crippen molar-refractivity contribution in [3.63, 3.8) is 0 Å². The molecule has 4 unspecified atom stereocenters. The van der Waals surface area contributed by atoms with E-state index in [2.05, 4.69) is 0 Å². The van der Waals surface area contributed by atoms with Gasteiger partial charge in [0.15, 0.2) is 13.2 Å². The molecule has 0 spiro atoms. The van der Waals surface area contributed by atoms with Crippen LogP contribution in [0.25, 0.3) is 0 Å². The minimum atomic E-state index is -0.602. The van der Waals surface area contributed by atoms with Crippen molar-refractivity contribution in [2.75, 3.05) is 13.2 Å². The molecule has 98 valence electrons. The summed E-state index contributed by atoms with van der Waals surface area (Å²) in [6.07, 6.45) is 4.51. The van der Waals surface area contributed by atoms with E-state index in [0.29, 0.717) is 6.42 Å². The summed E-state index contributed by atoms with van der Waals surface area (Å²) in [5, 5.41) is 16.8. The molecular formula is C13H12N2O4. The van der Waals surface area contributed by atoms with Crippen LogP contribution >= 0.6 is 0 Å². The number of nitrogens with zero attached hydrogens (tertiary/aromatic N) is 2. The van der Waals surface area contributed by atoms with Crippen LogP contribution in [0.15, 0.2) is 12.2 Å². The summed E-state index contributed by atoms with van der Waals surface area (Å²) in [7, 11) is 0. The largest absolute Gasteiger partial charge is 0.450 e. The number of hydrogen-bond donors (Lipinski definition) is 0. The third-order valence-electron chi connectivity index (χ3n) is 3.56. The van der Waals surface area contributed by atoms with Gasteiger partial charge in [-0.05, 0) is 18.3 Å². The highest BCUT2D eigenvalue weighted by Gasteiger charge is 2.53. The van der Waals surface area contributed by atoms with E-state index >= 15 is 0 Å². The van der Waals surface area contributed by atoms with Crippen LogP contribution in [0.1, 0.15) is 6.42 Å². The lowest BCUT2D eigenvalue weighted by molar-refractivity contribution is -0.159. The Morgan fingerprint density at radius 1 is 1.00 bits per heavy atom. The van der Waals surface area contributed by atoms with Crippen molar-refractivity contribution in [2.24, 2.45) is 23.7 Å². The van der Waals surface area contributed by atoms with Crippen LogP contribution in [0, 0.1) is 46.3 Å². The standard InChI is InChI=1S/C13H12N2O4/c14-3-5-18-12(16)10-8-1-2-9(7-8)11(10)13(17)19-6-4-15/h1-2,8-11H,5-7H2. The second-order valence-corrected chi connectivity index (χ2v) is 4.53. The molecular weight excluding hydrogens is 248 g/mol. The smallest absolute Gasteiger partial charge is 0.311 e. The number of rotatable bonds is 4. The van der Waals surface area contributed by atoms with Crippen molar-refractivity contribution in [2.45, 2.75) is 6.42 Å². The first-order chi connectivity index (χ1) is 9.19. The van der Waals surface area contributed by atoms with E-state index < -0.39 is 23.8 Å². The molecule has 1 saturated carbocycles. The van der Waals surface area contributed by atoms with Crippen LogP contribution in [-0.4, -0.2) is 25.2 Å². The van der Waals surface area contributed by atoms with Gasteiger partial charge in [0, 0.05) is 0 Å². The maximum Gasteiger partial charge on any atom is 0.311 e. The Labute approximate surface area is 110 Å². The summed E-state index contributed by atoms with van der Waals surface area (Å²) in [6, 6.07) is 3.45. The van der Waals surface area contributed by atoms with Crippen molar-refractivity contribution < 1.29 is 19.1 Å². The Morgan fingerprint density at radius 2 is 1.42 bits per heavy atom. The van der Waals surface area contributed by atoms with Crippen molar-refractivity contribution in [1.82, 2.24) is 0 Å². The second kappa shape index (κ2) is 5.53. The van der Waals surface area contributed by atoms with Crippen molar-refractivity contribution in [3.8, 4) is 12.1 Å². The molecule has 0 aromatic heterocycles. The van der Waals surface area contributed by atoms with Gasteiger partial charge >= 0.3 is 11.9 Å². The predicted octanol–water partition coefficient (Wildman–Crippen LogP) is 0.558. The summed E-state index contributed by atoms with van der Waals surface area (Å²) < 4.78 is 9.61. The molecule has 2 rings (SSSR count). The van der Waals surface area contributed by atoms with Gasteiger partial charge in [-0.3, -0.25) is 9.59 Å². The van der Waals surface area contributed by atoms with Crippen LogP contribution in [0.2, 0.25) is 0 Å². The molecule has 6 heteroatoms. The van der Waals surface area contributed by atoms with E-state index in [4.69, 9.17) is 20.0 Å². The molecule has 0 aromatic rings. The van der Waals surface area contributed by atoms with Gasteiger partial charge in [0.1, 0.15) is 12.1 Å². The molecule has 2 bridgehead atoms. The van der Waals surface area contributed by atoms with Crippen LogP contribution in [0.4, 0.5) is 0 Å². The lowest BCUT2D eigenvalue weighted by Crippen LogP contribution is -2.35. The van der Waals surface area contributed by atoms with Gasteiger partial charge in [0.2, 0.25) is 0 Å². The predicted molar refractivity (Wildman–Crippen MR) is 60.9 cm³/mol. The number of fused-ring (bicyclic) bond motifs is 2. The molecule has 0 N–H and O–H groups in total. The molecule has 4 atom stereocenters. The lowest BCUT2D eigenvalue weighted by atomic mass is 9.83. The van der Waals surface area contributed by atoms with E-state index in [1.807, 2.05) is 12.2 Å². The normalized spacial score (nSPS) is 30.4. The average Bonchev–Trinajstić information content (AvgIpc) is 3.02. The third-order valence-corrected chi connectivity index (χ3v) is 3.56. The molecule has 0 saturated heterocycles. The van der Waals surface area contributed by atoms with Gasteiger partial charge in [-0.15, -0.1) is 0 Å². The minimum absolute atomic E-state index is 0.0455. The molecule has 1 fully saturated rings. The van der Waals surface area contributed by atoms with Gasteiger partial charge in [-0.25, -0.2) is 0 Å². The fourth-order valence-corrected chi connectivity index (χ4v) is 2.86.